The number of aliphatic imine (C=N–C) groups is 1. The van der Waals surface area contributed by atoms with Gasteiger partial charge in [0.2, 0.25) is 5.84 Å². The van der Waals surface area contributed by atoms with E-state index in [1.54, 1.807) is 6.07 Å². The molecule has 2 rings (SSSR count). The number of nitrogens with two attached hydrogens (primary N) is 1. The molecule has 0 aliphatic carbocycles. The van der Waals surface area contributed by atoms with Crippen LogP contribution in [0.5, 0.6) is 0 Å². The topological polar surface area (TPSA) is 41.0 Å². The maximum atomic E-state index is 13.5. The Labute approximate surface area is 111 Å². The molecule has 0 spiro atoms. The number of hydrogen-bond acceptors (Lipinski definition) is 3. The van der Waals surface area contributed by atoms with Gasteiger partial charge in [-0.15, -0.1) is 11.8 Å². The van der Waals surface area contributed by atoms with E-state index in [0.29, 0.717) is 11.4 Å². The molecule has 3 nitrogen and oxygen atoms in total. The number of anilines is 1. The first kappa shape index (κ1) is 14.3. The van der Waals surface area contributed by atoms with Crippen LogP contribution in [0.3, 0.4) is 0 Å². The van der Waals surface area contributed by atoms with E-state index in [0.717, 1.165) is 24.6 Å². The zero-order valence-corrected chi connectivity index (χ0v) is 11.1. The fourth-order valence-corrected chi connectivity index (χ4v) is 2.30. The highest BCUT2D eigenvalue weighted by molar-refractivity contribution is 7.98. The van der Waals surface area contributed by atoms with Crippen LogP contribution in [0, 0.1) is 5.82 Å². The van der Waals surface area contributed by atoms with Gasteiger partial charge in [0, 0.05) is 0 Å². The van der Waals surface area contributed by atoms with E-state index in [-0.39, 0.29) is 18.2 Å². The number of quaternary nitrogens is 1. The number of benzene rings is 1. The zero-order valence-electron chi connectivity index (χ0n) is 9.54. The summed E-state index contributed by atoms with van der Waals surface area (Å²) in [6.45, 7) is 2.59. The van der Waals surface area contributed by atoms with E-state index < -0.39 is 0 Å². The number of thioether (sulfide) groups is 1. The molecule has 0 radical (unpaired) electrons. The molecule has 1 aliphatic rings. The summed E-state index contributed by atoms with van der Waals surface area (Å²) in [7, 11) is 0. The van der Waals surface area contributed by atoms with Crippen molar-refractivity contribution in [2.24, 2.45) is 4.99 Å². The van der Waals surface area contributed by atoms with Crippen LogP contribution in [0.4, 0.5) is 10.1 Å². The Morgan fingerprint density at radius 2 is 2.35 bits per heavy atom. The second kappa shape index (κ2) is 6.83. The molecule has 1 heterocycles. The standard InChI is InChI=1S/C11H14FN3S.ClH/c1-16-11-8(12)3-2-4-9(11)15-7-10-13-5-6-14-10;/h2-4,15H,5-7H2,1H3,(H,13,14);1H. The molecule has 0 aromatic heterocycles. The Bertz CT molecular complexity index is 412. The van der Waals surface area contributed by atoms with E-state index in [9.17, 15) is 4.39 Å². The summed E-state index contributed by atoms with van der Waals surface area (Å²) in [6.07, 6.45) is 1.88. The number of hydrogen-bond donors (Lipinski definition) is 2. The van der Waals surface area contributed by atoms with Crippen molar-refractivity contribution in [1.29, 1.82) is 0 Å². The molecule has 1 aromatic carbocycles. The van der Waals surface area contributed by atoms with Crippen LogP contribution in [0.25, 0.3) is 0 Å². The second-order valence-electron chi connectivity index (χ2n) is 3.54. The molecule has 1 aliphatic heterocycles. The van der Waals surface area contributed by atoms with E-state index in [4.69, 9.17) is 0 Å². The zero-order chi connectivity index (χ0) is 11.4. The predicted molar refractivity (Wildman–Crippen MR) is 65.8 cm³/mol. The van der Waals surface area contributed by atoms with Gasteiger partial charge < -0.3 is 17.7 Å². The number of nitrogens with one attached hydrogen (secondary N) is 1. The second-order valence-corrected chi connectivity index (χ2v) is 4.36. The molecular formula is C11H15ClFN3S. The summed E-state index contributed by atoms with van der Waals surface area (Å²) >= 11 is 1.42. The molecule has 0 atom stereocenters. The van der Waals surface area contributed by atoms with Crippen molar-refractivity contribution in [3.05, 3.63) is 24.0 Å². The van der Waals surface area contributed by atoms with E-state index in [2.05, 4.69) is 15.6 Å². The van der Waals surface area contributed by atoms with Crippen molar-refractivity contribution in [2.75, 3.05) is 31.2 Å². The summed E-state index contributed by atoms with van der Waals surface area (Å²) in [4.78, 5) is 4.99. The van der Waals surface area contributed by atoms with Gasteiger partial charge in [0.1, 0.15) is 18.9 Å². The molecule has 0 bridgehead atoms. The van der Waals surface area contributed by atoms with Crippen molar-refractivity contribution in [3.63, 3.8) is 0 Å². The van der Waals surface area contributed by atoms with Gasteiger partial charge in [-0.05, 0) is 18.4 Å². The molecule has 1 aromatic rings. The minimum Gasteiger partial charge on any atom is -1.00 e. The molecule has 17 heavy (non-hydrogen) atoms. The quantitative estimate of drug-likeness (QED) is 0.621. The Kier molecular flexibility index (Phi) is 5.74. The highest BCUT2D eigenvalue weighted by Gasteiger charge is 2.12. The molecule has 0 fully saturated rings. The molecule has 0 amide bonds. The largest absolute Gasteiger partial charge is 1.00 e. The summed E-state index contributed by atoms with van der Waals surface area (Å²) in [5.74, 6) is 0.895. The van der Waals surface area contributed by atoms with Crippen LogP contribution in [0.1, 0.15) is 0 Å². The average molecular weight is 276 g/mol. The van der Waals surface area contributed by atoms with Gasteiger partial charge in [-0.3, -0.25) is 5.32 Å². The Balaban J connectivity index is 0.00000144. The van der Waals surface area contributed by atoms with Gasteiger partial charge in [-0.2, -0.15) is 0 Å². The van der Waals surface area contributed by atoms with Crippen molar-refractivity contribution >= 4 is 23.3 Å². The third-order valence-electron chi connectivity index (χ3n) is 2.46. The minimum atomic E-state index is -0.171. The Morgan fingerprint density at radius 3 is 3.00 bits per heavy atom. The first-order valence-electron chi connectivity index (χ1n) is 5.24. The summed E-state index contributed by atoms with van der Waals surface area (Å²) < 4.78 is 13.5. The first-order valence-corrected chi connectivity index (χ1v) is 6.46. The smallest absolute Gasteiger partial charge is 0.214 e. The van der Waals surface area contributed by atoms with Crippen molar-refractivity contribution < 1.29 is 22.1 Å². The van der Waals surface area contributed by atoms with Gasteiger partial charge in [-0.1, -0.05) is 6.07 Å². The van der Waals surface area contributed by atoms with Gasteiger partial charge in [0.15, 0.2) is 0 Å². The first-order chi connectivity index (χ1) is 7.81. The van der Waals surface area contributed by atoms with Crippen LogP contribution < -0.4 is 23.0 Å². The third kappa shape index (κ3) is 3.59. The lowest BCUT2D eigenvalue weighted by atomic mass is 10.3. The van der Waals surface area contributed by atoms with Crippen LogP contribution in [0.15, 0.2) is 28.1 Å². The van der Waals surface area contributed by atoms with Crippen molar-refractivity contribution in [3.8, 4) is 0 Å². The van der Waals surface area contributed by atoms with Crippen LogP contribution in [0.2, 0.25) is 0 Å². The van der Waals surface area contributed by atoms with E-state index in [1.807, 2.05) is 12.3 Å². The lowest BCUT2D eigenvalue weighted by Crippen LogP contribution is -3.00. The number of rotatable bonds is 4. The van der Waals surface area contributed by atoms with Gasteiger partial charge >= 0.3 is 0 Å². The third-order valence-corrected chi connectivity index (χ3v) is 3.28. The predicted octanol–water partition coefficient (Wildman–Crippen LogP) is -2.06. The minimum absolute atomic E-state index is 0. The number of amidine groups is 1. The van der Waals surface area contributed by atoms with Gasteiger partial charge in [0.05, 0.1) is 17.1 Å². The van der Waals surface area contributed by atoms with Crippen LogP contribution in [-0.4, -0.2) is 31.7 Å². The van der Waals surface area contributed by atoms with Gasteiger partial charge in [-0.25, -0.2) is 9.38 Å². The molecule has 0 unspecified atom stereocenters. The fourth-order valence-electron chi connectivity index (χ4n) is 1.67. The molecule has 0 saturated carbocycles. The maximum absolute atomic E-state index is 13.5. The van der Waals surface area contributed by atoms with Crippen LogP contribution >= 0.6 is 11.8 Å². The van der Waals surface area contributed by atoms with Crippen LogP contribution in [-0.2, 0) is 0 Å². The Morgan fingerprint density at radius 1 is 1.53 bits per heavy atom. The lowest BCUT2D eigenvalue weighted by Gasteiger charge is -2.09. The highest BCUT2D eigenvalue weighted by atomic mass is 35.5. The summed E-state index contributed by atoms with van der Waals surface area (Å²) in [5.41, 5.74) is 0.843. The average Bonchev–Trinajstić information content (AvgIpc) is 2.79. The molecule has 94 valence electrons. The Hall–Kier alpha value is -0.780. The highest BCUT2D eigenvalue weighted by Crippen LogP contribution is 2.27. The molecule has 6 heteroatoms. The van der Waals surface area contributed by atoms with Gasteiger partial charge in [0.25, 0.3) is 0 Å². The fraction of sp³-hybridized carbons (Fsp3) is 0.364. The van der Waals surface area contributed by atoms with Crippen molar-refractivity contribution in [1.82, 2.24) is 0 Å². The van der Waals surface area contributed by atoms with E-state index in [1.165, 1.54) is 17.8 Å². The normalized spacial score (nSPS) is 14.1. The SMILES string of the molecule is CSc1c(F)cccc1NCC1=NCC[NH2+]1.[Cl-]. The number of nitrogens with zero attached hydrogens (tertiary/aromatic N) is 1. The summed E-state index contributed by atoms with van der Waals surface area (Å²) in [6, 6.07) is 5.10. The summed E-state index contributed by atoms with van der Waals surface area (Å²) in [5, 5.41) is 5.34. The monoisotopic (exact) mass is 275 g/mol. The maximum Gasteiger partial charge on any atom is 0.214 e. The number of halogens is 2. The lowest BCUT2D eigenvalue weighted by molar-refractivity contribution is -0.528. The molecule has 3 N–H and O–H groups in total. The van der Waals surface area contributed by atoms with Crippen molar-refractivity contribution in [2.45, 2.75) is 4.90 Å². The molecular weight excluding hydrogens is 261 g/mol. The molecule has 0 saturated heterocycles. The van der Waals surface area contributed by atoms with E-state index >= 15 is 0 Å².